The van der Waals surface area contributed by atoms with Gasteiger partial charge < -0.3 is 19.1 Å². The van der Waals surface area contributed by atoms with E-state index in [4.69, 9.17) is 14.2 Å². The summed E-state index contributed by atoms with van der Waals surface area (Å²) in [5, 5.41) is 0.726. The van der Waals surface area contributed by atoms with Gasteiger partial charge in [0.15, 0.2) is 11.5 Å². The zero-order chi connectivity index (χ0) is 21.1. The van der Waals surface area contributed by atoms with Gasteiger partial charge in [-0.1, -0.05) is 0 Å². The number of benzene rings is 1. The number of ether oxygens (including phenoxy) is 3. The van der Waals surface area contributed by atoms with Crippen molar-refractivity contribution in [3.8, 4) is 27.8 Å². The molecule has 0 radical (unpaired) electrons. The van der Waals surface area contributed by atoms with Crippen LogP contribution in [0.2, 0.25) is 0 Å². The molecule has 8 heteroatoms. The zero-order valence-electron chi connectivity index (χ0n) is 17.9. The molecular weight excluding hydrogens is 390 g/mol. The average molecular weight is 420 g/mol. The van der Waals surface area contributed by atoms with E-state index in [1.165, 1.54) is 11.3 Å². The molecule has 7 nitrogen and oxygen atoms in total. The number of hydrogen-bond donors (Lipinski definition) is 0. The number of methoxy groups -OCH3 is 3. The maximum Gasteiger partial charge on any atom is 0.265 e. The molecule has 0 bridgehead atoms. The molecule has 1 aromatic carbocycles. The third kappa shape index (κ3) is 4.18. The van der Waals surface area contributed by atoms with Gasteiger partial charge in [-0.25, -0.2) is 4.98 Å². The molecular formula is C21H29N3O4S. The standard InChI is InChI=1S/C21H29N3O4S/c1-13(2)23-9-11-24(12-10-23)21(25)19-14(3)22-20(29-19)15-7-8-16(26-4)18(28-6)17(15)27-5/h7-8,13H,9-12H2,1-6H3. The lowest BCUT2D eigenvalue weighted by molar-refractivity contribution is 0.0599. The number of rotatable bonds is 6. The summed E-state index contributed by atoms with van der Waals surface area (Å²) in [6.07, 6.45) is 0. The lowest BCUT2D eigenvalue weighted by atomic mass is 10.1. The number of aryl methyl sites for hydroxylation is 1. The lowest BCUT2D eigenvalue weighted by Gasteiger charge is -2.36. The first kappa shape index (κ1) is 21.4. The fourth-order valence-corrected chi connectivity index (χ4v) is 4.62. The van der Waals surface area contributed by atoms with Crippen LogP contribution in [0.3, 0.4) is 0 Å². The Kier molecular flexibility index (Phi) is 6.64. The van der Waals surface area contributed by atoms with Crippen LogP contribution in [0.5, 0.6) is 17.2 Å². The Labute approximate surface area is 176 Å². The van der Waals surface area contributed by atoms with Crippen LogP contribution in [0.15, 0.2) is 12.1 Å². The van der Waals surface area contributed by atoms with Gasteiger partial charge >= 0.3 is 0 Å². The number of aromatic nitrogens is 1. The molecule has 1 aliphatic rings. The van der Waals surface area contributed by atoms with Gasteiger partial charge in [-0.05, 0) is 32.9 Å². The number of carbonyl (C=O) groups excluding carboxylic acids is 1. The molecule has 1 amide bonds. The Bertz CT molecular complexity index is 873. The number of hydrogen-bond acceptors (Lipinski definition) is 7. The topological polar surface area (TPSA) is 64.1 Å². The minimum Gasteiger partial charge on any atom is -0.493 e. The second-order valence-corrected chi connectivity index (χ2v) is 8.24. The normalized spacial score (nSPS) is 14.9. The summed E-state index contributed by atoms with van der Waals surface area (Å²) in [7, 11) is 4.74. The Morgan fingerprint density at radius 2 is 1.69 bits per heavy atom. The molecule has 2 aromatic rings. The van der Waals surface area contributed by atoms with Crippen molar-refractivity contribution in [1.29, 1.82) is 0 Å². The molecule has 3 rings (SSSR count). The monoisotopic (exact) mass is 419 g/mol. The van der Waals surface area contributed by atoms with Gasteiger partial charge in [0.05, 0.1) is 32.6 Å². The summed E-state index contributed by atoms with van der Waals surface area (Å²) in [6.45, 7) is 9.54. The van der Waals surface area contributed by atoms with Crippen molar-refractivity contribution in [2.24, 2.45) is 0 Å². The van der Waals surface area contributed by atoms with Crippen molar-refractivity contribution in [2.45, 2.75) is 26.8 Å². The van der Waals surface area contributed by atoms with Gasteiger partial charge in [-0.3, -0.25) is 9.69 Å². The summed E-state index contributed by atoms with van der Waals surface area (Å²) in [5.41, 5.74) is 1.51. The molecule has 0 aliphatic carbocycles. The van der Waals surface area contributed by atoms with Gasteiger partial charge in [0.2, 0.25) is 5.75 Å². The summed E-state index contributed by atoms with van der Waals surface area (Å²) in [6, 6.07) is 4.20. The molecule has 158 valence electrons. The van der Waals surface area contributed by atoms with Gasteiger partial charge in [0.25, 0.3) is 5.91 Å². The largest absolute Gasteiger partial charge is 0.493 e. The molecule has 0 N–H and O–H groups in total. The Morgan fingerprint density at radius 1 is 1.03 bits per heavy atom. The highest BCUT2D eigenvalue weighted by molar-refractivity contribution is 7.17. The number of piperazine rings is 1. The van der Waals surface area contributed by atoms with E-state index in [-0.39, 0.29) is 5.91 Å². The maximum absolute atomic E-state index is 13.1. The molecule has 0 unspecified atom stereocenters. The highest BCUT2D eigenvalue weighted by Crippen LogP contribution is 2.45. The summed E-state index contributed by atoms with van der Waals surface area (Å²) >= 11 is 1.39. The van der Waals surface area contributed by atoms with Crippen LogP contribution in [0.25, 0.3) is 10.6 Å². The van der Waals surface area contributed by atoms with E-state index in [2.05, 4.69) is 23.7 Å². The SMILES string of the molecule is COc1ccc(-c2nc(C)c(C(=O)N3CCN(C(C)C)CC3)s2)c(OC)c1OC. The third-order valence-electron chi connectivity index (χ3n) is 5.26. The molecule has 1 aliphatic heterocycles. The fraction of sp³-hybridized carbons (Fsp3) is 0.524. The number of carbonyl (C=O) groups is 1. The van der Waals surface area contributed by atoms with E-state index in [9.17, 15) is 4.79 Å². The average Bonchev–Trinajstić information content (AvgIpc) is 3.13. The zero-order valence-corrected chi connectivity index (χ0v) is 18.8. The van der Waals surface area contributed by atoms with Crippen LogP contribution in [-0.4, -0.2) is 74.2 Å². The number of thiazole rings is 1. The number of nitrogens with zero attached hydrogens (tertiary/aromatic N) is 3. The maximum atomic E-state index is 13.1. The van der Waals surface area contributed by atoms with E-state index < -0.39 is 0 Å². The van der Waals surface area contributed by atoms with E-state index in [0.717, 1.165) is 42.4 Å². The van der Waals surface area contributed by atoms with E-state index in [0.29, 0.717) is 28.2 Å². The van der Waals surface area contributed by atoms with Crippen LogP contribution < -0.4 is 14.2 Å². The molecule has 29 heavy (non-hydrogen) atoms. The first-order chi connectivity index (χ1) is 13.9. The summed E-state index contributed by atoms with van der Waals surface area (Å²) in [5.74, 6) is 1.69. The van der Waals surface area contributed by atoms with Crippen LogP contribution in [-0.2, 0) is 0 Å². The minimum absolute atomic E-state index is 0.0501. The molecule has 2 heterocycles. The summed E-state index contributed by atoms with van der Waals surface area (Å²) < 4.78 is 16.4. The van der Waals surface area contributed by atoms with Crippen molar-refractivity contribution in [3.63, 3.8) is 0 Å². The predicted molar refractivity (Wildman–Crippen MR) is 115 cm³/mol. The van der Waals surface area contributed by atoms with Crippen molar-refractivity contribution < 1.29 is 19.0 Å². The van der Waals surface area contributed by atoms with Gasteiger partial charge in [-0.2, -0.15) is 0 Å². The minimum atomic E-state index is 0.0501. The second kappa shape index (κ2) is 9.00. The first-order valence-corrected chi connectivity index (χ1v) is 10.5. The van der Waals surface area contributed by atoms with Crippen LogP contribution in [0, 0.1) is 6.92 Å². The number of amides is 1. The smallest absolute Gasteiger partial charge is 0.265 e. The Morgan fingerprint density at radius 3 is 2.24 bits per heavy atom. The lowest BCUT2D eigenvalue weighted by Crippen LogP contribution is -2.50. The molecule has 0 spiro atoms. The van der Waals surface area contributed by atoms with Crippen molar-refractivity contribution >= 4 is 17.2 Å². The van der Waals surface area contributed by atoms with Crippen molar-refractivity contribution in [2.75, 3.05) is 47.5 Å². The van der Waals surface area contributed by atoms with Crippen LogP contribution >= 0.6 is 11.3 Å². The van der Waals surface area contributed by atoms with E-state index in [1.54, 1.807) is 21.3 Å². The quantitative estimate of drug-likeness (QED) is 0.716. The molecule has 1 fully saturated rings. The van der Waals surface area contributed by atoms with Gasteiger partial charge in [0.1, 0.15) is 9.88 Å². The van der Waals surface area contributed by atoms with E-state index >= 15 is 0 Å². The summed E-state index contributed by atoms with van der Waals surface area (Å²) in [4.78, 5) is 22.8. The molecule has 1 aromatic heterocycles. The fourth-order valence-electron chi connectivity index (χ4n) is 3.56. The van der Waals surface area contributed by atoms with Gasteiger partial charge in [0, 0.05) is 32.2 Å². The highest BCUT2D eigenvalue weighted by atomic mass is 32.1. The first-order valence-electron chi connectivity index (χ1n) is 9.71. The van der Waals surface area contributed by atoms with Crippen molar-refractivity contribution in [1.82, 2.24) is 14.8 Å². The highest BCUT2D eigenvalue weighted by Gasteiger charge is 2.27. The third-order valence-corrected chi connectivity index (χ3v) is 6.44. The molecule has 0 atom stereocenters. The second-order valence-electron chi connectivity index (χ2n) is 7.24. The van der Waals surface area contributed by atoms with Crippen LogP contribution in [0.4, 0.5) is 0 Å². The van der Waals surface area contributed by atoms with Gasteiger partial charge in [-0.15, -0.1) is 11.3 Å². The Hall–Kier alpha value is -2.32. The molecule has 0 saturated carbocycles. The van der Waals surface area contributed by atoms with E-state index in [1.807, 2.05) is 24.0 Å². The Balaban J connectivity index is 1.89. The van der Waals surface area contributed by atoms with Crippen molar-refractivity contribution in [3.05, 3.63) is 22.7 Å². The predicted octanol–water partition coefficient (Wildman–Crippen LogP) is 3.31. The van der Waals surface area contributed by atoms with Crippen LogP contribution in [0.1, 0.15) is 29.2 Å². The molecule has 1 saturated heterocycles.